The van der Waals surface area contributed by atoms with Crippen LogP contribution < -0.4 is 4.72 Å². The second kappa shape index (κ2) is 5.62. The van der Waals surface area contributed by atoms with Crippen molar-refractivity contribution in [3.05, 3.63) is 29.8 Å². The van der Waals surface area contributed by atoms with E-state index in [-0.39, 0.29) is 0 Å². The Kier molecular flexibility index (Phi) is 4.59. The number of aliphatic carboxylic acids is 1. The highest BCUT2D eigenvalue weighted by atomic mass is 32.2. The highest BCUT2D eigenvalue weighted by molar-refractivity contribution is 7.89. The summed E-state index contributed by atoms with van der Waals surface area (Å²) in [5, 5.41) is 8.88. The molecular weight excluding hydrogens is 280 g/mol. The zero-order valence-electron chi connectivity index (χ0n) is 10.2. The van der Waals surface area contributed by atoms with Gasteiger partial charge in [-0.25, -0.2) is 17.2 Å². The van der Waals surface area contributed by atoms with E-state index >= 15 is 0 Å². The molecule has 8 heteroatoms. The SMILES string of the molecule is CC(C)[C@H](NS(=O)(=O)c1cccc(F)c1F)C(=O)O. The highest BCUT2D eigenvalue weighted by Crippen LogP contribution is 2.18. The van der Waals surface area contributed by atoms with Gasteiger partial charge in [-0.3, -0.25) is 4.79 Å². The molecule has 0 fully saturated rings. The van der Waals surface area contributed by atoms with Gasteiger partial charge in [0.05, 0.1) is 0 Å². The maximum atomic E-state index is 13.4. The summed E-state index contributed by atoms with van der Waals surface area (Å²) in [7, 11) is -4.45. The van der Waals surface area contributed by atoms with E-state index in [2.05, 4.69) is 0 Å². The van der Waals surface area contributed by atoms with Crippen LogP contribution in [0.4, 0.5) is 8.78 Å². The van der Waals surface area contributed by atoms with E-state index in [9.17, 15) is 22.0 Å². The molecule has 0 spiro atoms. The third-order valence-electron chi connectivity index (χ3n) is 2.42. The number of carboxylic acid groups (broad SMARTS) is 1. The highest BCUT2D eigenvalue weighted by Gasteiger charge is 2.30. The van der Waals surface area contributed by atoms with E-state index < -0.39 is 44.5 Å². The van der Waals surface area contributed by atoms with E-state index in [0.717, 1.165) is 18.2 Å². The Morgan fingerprint density at radius 1 is 1.32 bits per heavy atom. The summed E-state index contributed by atoms with van der Waals surface area (Å²) in [5.41, 5.74) is 0. The zero-order chi connectivity index (χ0) is 14.8. The minimum Gasteiger partial charge on any atom is -0.480 e. The number of carbonyl (C=O) groups is 1. The largest absolute Gasteiger partial charge is 0.480 e. The van der Waals surface area contributed by atoms with Gasteiger partial charge < -0.3 is 5.11 Å². The number of rotatable bonds is 5. The molecule has 0 aliphatic heterocycles. The minimum absolute atomic E-state index is 0.552. The minimum atomic E-state index is -4.45. The Morgan fingerprint density at radius 2 is 1.89 bits per heavy atom. The molecule has 5 nitrogen and oxygen atoms in total. The Balaban J connectivity index is 3.18. The van der Waals surface area contributed by atoms with Crippen LogP contribution >= 0.6 is 0 Å². The van der Waals surface area contributed by atoms with E-state index in [1.54, 1.807) is 0 Å². The van der Waals surface area contributed by atoms with E-state index in [0.29, 0.717) is 0 Å². The van der Waals surface area contributed by atoms with Gasteiger partial charge in [0.25, 0.3) is 0 Å². The van der Waals surface area contributed by atoms with Crippen LogP contribution in [0, 0.1) is 17.6 Å². The molecule has 0 radical (unpaired) electrons. The fourth-order valence-corrected chi connectivity index (χ4v) is 2.82. The third kappa shape index (κ3) is 3.48. The average molecular weight is 293 g/mol. The fraction of sp³-hybridized carbons (Fsp3) is 0.364. The standard InChI is InChI=1S/C11H13F2NO4S/c1-6(2)10(11(15)16)14-19(17,18)8-5-3-4-7(12)9(8)13/h3-6,10,14H,1-2H3,(H,15,16)/t10-/m0/s1. The topological polar surface area (TPSA) is 83.5 Å². The molecule has 0 heterocycles. The summed E-state index contributed by atoms with van der Waals surface area (Å²) in [6.07, 6.45) is 0. The molecule has 19 heavy (non-hydrogen) atoms. The monoisotopic (exact) mass is 293 g/mol. The van der Waals surface area contributed by atoms with Gasteiger partial charge in [-0.2, -0.15) is 4.72 Å². The third-order valence-corrected chi connectivity index (χ3v) is 3.88. The van der Waals surface area contributed by atoms with Gasteiger partial charge in [-0.05, 0) is 18.1 Å². The number of hydrogen-bond donors (Lipinski definition) is 2. The summed E-state index contributed by atoms with van der Waals surface area (Å²) in [6.45, 7) is 2.98. The molecule has 0 unspecified atom stereocenters. The summed E-state index contributed by atoms with van der Waals surface area (Å²) < 4.78 is 51.9. The molecule has 0 amide bonds. The predicted octanol–water partition coefficient (Wildman–Crippen LogP) is 1.35. The van der Waals surface area contributed by atoms with Crippen molar-refractivity contribution < 1.29 is 27.1 Å². The summed E-state index contributed by atoms with van der Waals surface area (Å²) >= 11 is 0. The molecule has 0 aliphatic rings. The molecular formula is C11H13F2NO4S. The smallest absolute Gasteiger partial charge is 0.322 e. The van der Waals surface area contributed by atoms with Crippen molar-refractivity contribution in [1.29, 1.82) is 0 Å². The molecule has 1 aromatic carbocycles. The van der Waals surface area contributed by atoms with Crippen molar-refractivity contribution >= 4 is 16.0 Å². The van der Waals surface area contributed by atoms with E-state index in [4.69, 9.17) is 5.11 Å². The van der Waals surface area contributed by atoms with Gasteiger partial charge in [-0.1, -0.05) is 19.9 Å². The van der Waals surface area contributed by atoms with Crippen LogP contribution in [0.3, 0.4) is 0 Å². The number of hydrogen-bond acceptors (Lipinski definition) is 3. The van der Waals surface area contributed by atoms with Crippen LogP contribution in [0.5, 0.6) is 0 Å². The number of benzene rings is 1. The maximum absolute atomic E-state index is 13.4. The first-order chi connectivity index (χ1) is 8.66. The molecule has 1 rings (SSSR count). The summed E-state index contributed by atoms with van der Waals surface area (Å²) in [4.78, 5) is 9.99. The van der Waals surface area contributed by atoms with Crippen LogP contribution in [0.25, 0.3) is 0 Å². The molecule has 1 atom stereocenters. The van der Waals surface area contributed by atoms with E-state index in [1.807, 2.05) is 4.72 Å². The summed E-state index contributed by atoms with van der Waals surface area (Å²) in [6, 6.07) is 1.23. The number of halogens is 2. The lowest BCUT2D eigenvalue weighted by Gasteiger charge is -2.18. The lowest BCUT2D eigenvalue weighted by molar-refractivity contribution is -0.140. The quantitative estimate of drug-likeness (QED) is 0.858. The van der Waals surface area contributed by atoms with Crippen molar-refractivity contribution in [1.82, 2.24) is 4.72 Å². The molecule has 1 aromatic rings. The van der Waals surface area contributed by atoms with Crippen molar-refractivity contribution in [2.45, 2.75) is 24.8 Å². The number of carboxylic acids is 1. The Hall–Kier alpha value is -1.54. The molecule has 0 aromatic heterocycles. The van der Waals surface area contributed by atoms with Crippen LogP contribution in [-0.4, -0.2) is 25.5 Å². The number of sulfonamides is 1. The van der Waals surface area contributed by atoms with Crippen LogP contribution in [-0.2, 0) is 14.8 Å². The maximum Gasteiger partial charge on any atom is 0.322 e. The fourth-order valence-electron chi connectivity index (χ4n) is 1.39. The van der Waals surface area contributed by atoms with Gasteiger partial charge in [-0.15, -0.1) is 0 Å². The van der Waals surface area contributed by atoms with Crippen molar-refractivity contribution in [2.75, 3.05) is 0 Å². The van der Waals surface area contributed by atoms with Crippen LogP contribution in [0.15, 0.2) is 23.1 Å². The molecule has 2 N–H and O–H groups in total. The lowest BCUT2D eigenvalue weighted by atomic mass is 10.1. The van der Waals surface area contributed by atoms with Gasteiger partial charge in [0, 0.05) is 0 Å². The van der Waals surface area contributed by atoms with Gasteiger partial charge in [0.2, 0.25) is 10.0 Å². The van der Waals surface area contributed by atoms with Crippen LogP contribution in [0.2, 0.25) is 0 Å². The van der Waals surface area contributed by atoms with Gasteiger partial charge in [0.1, 0.15) is 10.9 Å². The van der Waals surface area contributed by atoms with Crippen molar-refractivity contribution in [3.8, 4) is 0 Å². The second-order valence-electron chi connectivity index (χ2n) is 4.23. The van der Waals surface area contributed by atoms with Crippen LogP contribution in [0.1, 0.15) is 13.8 Å². The lowest BCUT2D eigenvalue weighted by Crippen LogP contribution is -2.44. The zero-order valence-corrected chi connectivity index (χ0v) is 11.0. The second-order valence-corrected chi connectivity index (χ2v) is 5.92. The predicted molar refractivity (Wildman–Crippen MR) is 62.9 cm³/mol. The molecule has 0 aliphatic carbocycles. The Bertz CT molecular complexity index is 586. The number of nitrogens with one attached hydrogen (secondary N) is 1. The normalized spacial score (nSPS) is 13.5. The molecule has 0 saturated heterocycles. The summed E-state index contributed by atoms with van der Waals surface area (Å²) in [5.74, 6) is -4.80. The first-order valence-corrected chi connectivity index (χ1v) is 6.84. The molecule has 106 valence electrons. The van der Waals surface area contributed by atoms with Crippen molar-refractivity contribution in [2.24, 2.45) is 5.92 Å². The van der Waals surface area contributed by atoms with Gasteiger partial charge >= 0.3 is 5.97 Å². The van der Waals surface area contributed by atoms with Crippen molar-refractivity contribution in [3.63, 3.8) is 0 Å². The molecule has 0 bridgehead atoms. The molecule has 0 saturated carbocycles. The Morgan fingerprint density at radius 3 is 2.37 bits per heavy atom. The first kappa shape index (κ1) is 15.5. The van der Waals surface area contributed by atoms with E-state index in [1.165, 1.54) is 13.8 Å². The Labute approximate surface area is 109 Å². The average Bonchev–Trinajstić information content (AvgIpc) is 2.28. The first-order valence-electron chi connectivity index (χ1n) is 5.36. The van der Waals surface area contributed by atoms with Gasteiger partial charge in [0.15, 0.2) is 11.6 Å².